The number of ether oxygens (including phenoxy) is 1. The predicted octanol–water partition coefficient (Wildman–Crippen LogP) is -0.729. The molecule has 0 aromatic heterocycles. The van der Waals surface area contributed by atoms with Crippen LogP contribution in [0, 0.1) is 0 Å². The molecule has 0 saturated heterocycles. The molecule has 0 fully saturated rings. The fraction of sp³-hybridized carbons (Fsp3) is 0.600. The Morgan fingerprint density at radius 1 is 1.17 bits per heavy atom. The van der Waals surface area contributed by atoms with Gasteiger partial charge in [0.05, 0.1) is 33.9 Å². The summed E-state index contributed by atoms with van der Waals surface area (Å²) in [6.07, 6.45) is 3.86. The van der Waals surface area contributed by atoms with Gasteiger partial charge in [-0.3, -0.25) is 0 Å². The number of fused-ring (bicyclic) bond motifs is 1. The zero-order valence-corrected chi connectivity index (χ0v) is 13.8. The lowest BCUT2D eigenvalue weighted by Gasteiger charge is -2.28. The zero-order valence-electron chi connectivity index (χ0n) is 11.7. The molecule has 0 aliphatic heterocycles. The minimum atomic E-state index is 0. The lowest BCUT2D eigenvalue weighted by Crippen LogP contribution is -3.00. The van der Waals surface area contributed by atoms with Crippen LogP contribution in [0.15, 0.2) is 24.3 Å². The minimum absolute atomic E-state index is 0. The van der Waals surface area contributed by atoms with Crippen LogP contribution in [0.4, 0.5) is 0 Å². The molecule has 1 unspecified atom stereocenters. The summed E-state index contributed by atoms with van der Waals surface area (Å²) in [7, 11) is 6.62. The molecule has 0 spiro atoms. The number of quaternary nitrogens is 1. The standard InChI is InChI=1S/C15H24NO.HI/c1-16(2,3)10-11-17-15-9-8-13-6-4-5-7-14(13)12-15;/h4-7,15H,8-12H2,1-3H3;1H/q+1;/p-1. The highest BCUT2D eigenvalue weighted by Crippen LogP contribution is 2.22. The van der Waals surface area contributed by atoms with Crippen molar-refractivity contribution in [3.8, 4) is 0 Å². The largest absolute Gasteiger partial charge is 1.00 e. The van der Waals surface area contributed by atoms with Crippen molar-refractivity contribution in [1.82, 2.24) is 0 Å². The third-order valence-electron chi connectivity index (χ3n) is 3.42. The molecular formula is C15H24INO. The van der Waals surface area contributed by atoms with E-state index < -0.39 is 0 Å². The Bertz CT molecular complexity index is 373. The van der Waals surface area contributed by atoms with Crippen LogP contribution in [0.2, 0.25) is 0 Å². The molecule has 1 aliphatic carbocycles. The number of rotatable bonds is 4. The second kappa shape index (κ2) is 6.87. The van der Waals surface area contributed by atoms with Crippen LogP contribution in [-0.4, -0.2) is 44.9 Å². The molecule has 1 aromatic carbocycles. The molecule has 0 heterocycles. The SMILES string of the molecule is C[N+](C)(C)CCOC1CCc2ccccc2C1.[I-]. The number of benzene rings is 1. The summed E-state index contributed by atoms with van der Waals surface area (Å²) in [5, 5.41) is 0. The molecule has 1 aliphatic rings. The highest BCUT2D eigenvalue weighted by Gasteiger charge is 2.19. The lowest BCUT2D eigenvalue weighted by atomic mass is 9.90. The van der Waals surface area contributed by atoms with Crippen molar-refractivity contribution < 1.29 is 33.2 Å². The van der Waals surface area contributed by atoms with Gasteiger partial charge in [-0.25, -0.2) is 0 Å². The zero-order chi connectivity index (χ0) is 12.3. The van der Waals surface area contributed by atoms with Gasteiger partial charge in [-0.15, -0.1) is 0 Å². The molecule has 1 aromatic rings. The summed E-state index contributed by atoms with van der Waals surface area (Å²) < 4.78 is 6.98. The van der Waals surface area contributed by atoms with E-state index in [4.69, 9.17) is 4.74 Å². The van der Waals surface area contributed by atoms with Crippen molar-refractivity contribution in [3.05, 3.63) is 35.4 Å². The summed E-state index contributed by atoms with van der Waals surface area (Å²) in [6, 6.07) is 8.76. The van der Waals surface area contributed by atoms with E-state index >= 15 is 0 Å². The van der Waals surface area contributed by atoms with Crippen LogP contribution in [0.1, 0.15) is 17.5 Å². The summed E-state index contributed by atoms with van der Waals surface area (Å²) in [6.45, 7) is 1.95. The fourth-order valence-corrected chi connectivity index (χ4v) is 2.30. The molecule has 0 bridgehead atoms. The Labute approximate surface area is 128 Å². The van der Waals surface area contributed by atoms with E-state index in [1.165, 1.54) is 24.0 Å². The van der Waals surface area contributed by atoms with Crippen LogP contribution in [0.5, 0.6) is 0 Å². The van der Waals surface area contributed by atoms with Crippen molar-refractivity contribution in [2.24, 2.45) is 0 Å². The van der Waals surface area contributed by atoms with Crippen molar-refractivity contribution in [3.63, 3.8) is 0 Å². The van der Waals surface area contributed by atoms with E-state index in [0.29, 0.717) is 6.10 Å². The first kappa shape index (κ1) is 15.9. The lowest BCUT2D eigenvalue weighted by molar-refractivity contribution is -0.870. The van der Waals surface area contributed by atoms with Crippen molar-refractivity contribution >= 4 is 0 Å². The normalized spacial score (nSPS) is 18.9. The Hall–Kier alpha value is -0.130. The molecule has 0 radical (unpaired) electrons. The summed E-state index contributed by atoms with van der Waals surface area (Å²) in [5.74, 6) is 0. The van der Waals surface area contributed by atoms with E-state index in [9.17, 15) is 0 Å². The monoisotopic (exact) mass is 361 g/mol. The molecule has 2 nitrogen and oxygen atoms in total. The predicted molar refractivity (Wildman–Crippen MR) is 71.1 cm³/mol. The summed E-state index contributed by atoms with van der Waals surface area (Å²) in [4.78, 5) is 0. The minimum Gasteiger partial charge on any atom is -1.00 e. The van der Waals surface area contributed by atoms with Gasteiger partial charge in [0.1, 0.15) is 6.54 Å². The van der Waals surface area contributed by atoms with E-state index in [2.05, 4.69) is 45.4 Å². The maximum atomic E-state index is 6.00. The topological polar surface area (TPSA) is 9.23 Å². The van der Waals surface area contributed by atoms with Gasteiger partial charge in [0.25, 0.3) is 0 Å². The van der Waals surface area contributed by atoms with Gasteiger partial charge >= 0.3 is 0 Å². The van der Waals surface area contributed by atoms with Crippen LogP contribution in [-0.2, 0) is 17.6 Å². The Morgan fingerprint density at radius 2 is 1.83 bits per heavy atom. The highest BCUT2D eigenvalue weighted by atomic mass is 127. The van der Waals surface area contributed by atoms with Crippen LogP contribution >= 0.6 is 0 Å². The number of hydrogen-bond donors (Lipinski definition) is 0. The number of aryl methyl sites for hydroxylation is 1. The van der Waals surface area contributed by atoms with E-state index in [1.807, 2.05) is 0 Å². The van der Waals surface area contributed by atoms with Crippen molar-refractivity contribution in [2.45, 2.75) is 25.4 Å². The van der Waals surface area contributed by atoms with Gasteiger partial charge in [-0.2, -0.15) is 0 Å². The summed E-state index contributed by atoms with van der Waals surface area (Å²) >= 11 is 0. The Balaban J connectivity index is 0.00000162. The third-order valence-corrected chi connectivity index (χ3v) is 3.42. The van der Waals surface area contributed by atoms with Crippen LogP contribution in [0.3, 0.4) is 0 Å². The molecule has 1 atom stereocenters. The van der Waals surface area contributed by atoms with Gasteiger partial charge in [0.2, 0.25) is 0 Å². The smallest absolute Gasteiger partial charge is 0.102 e. The molecule has 0 amide bonds. The molecule has 18 heavy (non-hydrogen) atoms. The van der Waals surface area contributed by atoms with E-state index in [-0.39, 0.29) is 24.0 Å². The number of hydrogen-bond acceptors (Lipinski definition) is 1. The van der Waals surface area contributed by atoms with E-state index in [0.717, 1.165) is 24.1 Å². The van der Waals surface area contributed by atoms with Crippen molar-refractivity contribution in [2.75, 3.05) is 34.3 Å². The van der Waals surface area contributed by atoms with Crippen LogP contribution < -0.4 is 24.0 Å². The van der Waals surface area contributed by atoms with Gasteiger partial charge in [-0.1, -0.05) is 24.3 Å². The number of nitrogens with zero attached hydrogens (tertiary/aromatic N) is 1. The fourth-order valence-electron chi connectivity index (χ4n) is 2.30. The number of halogens is 1. The first-order chi connectivity index (χ1) is 8.04. The maximum absolute atomic E-state index is 6.00. The second-order valence-electron chi connectivity index (χ2n) is 6.02. The first-order valence-electron chi connectivity index (χ1n) is 6.53. The highest BCUT2D eigenvalue weighted by molar-refractivity contribution is 5.29. The quantitative estimate of drug-likeness (QED) is 0.508. The van der Waals surface area contributed by atoms with Gasteiger partial charge in [0.15, 0.2) is 0 Å². The molecule has 3 heteroatoms. The third kappa shape index (κ3) is 4.86. The maximum Gasteiger partial charge on any atom is 0.102 e. The first-order valence-corrected chi connectivity index (χ1v) is 6.53. The van der Waals surface area contributed by atoms with E-state index in [1.54, 1.807) is 0 Å². The van der Waals surface area contributed by atoms with Crippen LogP contribution in [0.25, 0.3) is 0 Å². The average molecular weight is 361 g/mol. The number of likely N-dealkylation sites (N-methyl/N-ethyl adjacent to an activating group) is 1. The average Bonchev–Trinajstić information content (AvgIpc) is 2.27. The van der Waals surface area contributed by atoms with Gasteiger partial charge in [-0.05, 0) is 30.4 Å². The summed E-state index contributed by atoms with van der Waals surface area (Å²) in [5.41, 5.74) is 2.99. The molecular weight excluding hydrogens is 337 g/mol. The molecule has 2 rings (SSSR count). The second-order valence-corrected chi connectivity index (χ2v) is 6.02. The van der Waals surface area contributed by atoms with Crippen molar-refractivity contribution in [1.29, 1.82) is 0 Å². The van der Waals surface area contributed by atoms with Gasteiger partial charge in [0, 0.05) is 0 Å². The van der Waals surface area contributed by atoms with Gasteiger partial charge < -0.3 is 33.2 Å². The Kier molecular flexibility index (Phi) is 6.08. The Morgan fingerprint density at radius 3 is 2.50 bits per heavy atom. The molecule has 0 saturated carbocycles. The molecule has 0 N–H and O–H groups in total. The molecule has 102 valence electrons.